The number of anilines is 2. The number of amides is 2. The molecule has 2 aliphatic rings. The van der Waals surface area contributed by atoms with E-state index in [2.05, 4.69) is 25.3 Å². The molecule has 2 amide bonds. The van der Waals surface area contributed by atoms with E-state index in [1.165, 1.54) is 18.3 Å². The SMILES string of the molecule is O=C(Nc1ccc(OC(F)(F)F)cc1)c1cnc(N2CC[C@@H](O)C2)c(-c2cnc3c(c2)C(=O)NC3)c1. The number of aliphatic hydroxyl groups is 1. The molecule has 0 bridgehead atoms. The number of β-amino-alcohol motifs (C(OH)–C–C–N with tert-alkyl or cyclic N) is 1. The molecule has 0 saturated carbocycles. The molecule has 1 saturated heterocycles. The van der Waals surface area contributed by atoms with E-state index < -0.39 is 24.1 Å². The maximum atomic E-state index is 12.9. The van der Waals surface area contributed by atoms with Gasteiger partial charge >= 0.3 is 6.36 Å². The third-order valence-electron chi connectivity index (χ3n) is 5.88. The number of pyridine rings is 2. The monoisotopic (exact) mass is 499 g/mol. The van der Waals surface area contributed by atoms with Gasteiger partial charge in [-0.15, -0.1) is 13.2 Å². The lowest BCUT2D eigenvalue weighted by molar-refractivity contribution is -0.274. The summed E-state index contributed by atoms with van der Waals surface area (Å²) in [5, 5.41) is 15.3. The second-order valence-electron chi connectivity index (χ2n) is 8.41. The zero-order valence-electron chi connectivity index (χ0n) is 18.7. The van der Waals surface area contributed by atoms with Gasteiger partial charge in [-0.2, -0.15) is 0 Å². The Kier molecular flexibility index (Phi) is 5.96. The first-order valence-corrected chi connectivity index (χ1v) is 11.0. The Morgan fingerprint density at radius 2 is 1.92 bits per heavy atom. The molecule has 186 valence electrons. The summed E-state index contributed by atoms with van der Waals surface area (Å²) in [4.78, 5) is 35.9. The molecule has 0 unspecified atom stereocenters. The molecule has 0 aliphatic carbocycles. The predicted molar refractivity (Wildman–Crippen MR) is 123 cm³/mol. The minimum Gasteiger partial charge on any atom is -0.406 e. The van der Waals surface area contributed by atoms with Gasteiger partial charge in [0.1, 0.15) is 11.6 Å². The van der Waals surface area contributed by atoms with Crippen molar-refractivity contribution < 1.29 is 32.6 Å². The quantitative estimate of drug-likeness (QED) is 0.494. The van der Waals surface area contributed by atoms with Gasteiger partial charge in [0, 0.05) is 42.3 Å². The Morgan fingerprint density at radius 1 is 1.14 bits per heavy atom. The number of fused-ring (bicyclic) bond motifs is 1. The topological polar surface area (TPSA) is 117 Å². The van der Waals surface area contributed by atoms with Crippen LogP contribution in [-0.4, -0.2) is 52.4 Å². The first kappa shape index (κ1) is 23.5. The fraction of sp³-hybridized carbons (Fsp3) is 0.250. The van der Waals surface area contributed by atoms with Gasteiger partial charge in [-0.25, -0.2) is 4.98 Å². The van der Waals surface area contributed by atoms with Gasteiger partial charge in [-0.3, -0.25) is 14.6 Å². The van der Waals surface area contributed by atoms with Gasteiger partial charge in [0.2, 0.25) is 0 Å². The number of alkyl halides is 3. The van der Waals surface area contributed by atoms with Crippen molar-refractivity contribution >= 4 is 23.3 Å². The molecule has 3 N–H and O–H groups in total. The maximum Gasteiger partial charge on any atom is 0.573 e. The van der Waals surface area contributed by atoms with Gasteiger partial charge in [0.05, 0.1) is 29.5 Å². The number of nitrogens with zero attached hydrogens (tertiary/aromatic N) is 3. The molecular weight excluding hydrogens is 479 g/mol. The van der Waals surface area contributed by atoms with Crippen molar-refractivity contribution in [2.75, 3.05) is 23.3 Å². The summed E-state index contributed by atoms with van der Waals surface area (Å²) in [6.07, 6.45) is -1.76. The number of ether oxygens (including phenoxy) is 1. The summed E-state index contributed by atoms with van der Waals surface area (Å²) in [5.74, 6) is -0.642. The van der Waals surface area contributed by atoms with E-state index >= 15 is 0 Å². The number of benzene rings is 1. The van der Waals surface area contributed by atoms with Crippen molar-refractivity contribution in [2.45, 2.75) is 25.4 Å². The number of hydrogen-bond acceptors (Lipinski definition) is 7. The van der Waals surface area contributed by atoms with E-state index in [1.54, 1.807) is 18.3 Å². The van der Waals surface area contributed by atoms with Crippen molar-refractivity contribution in [1.29, 1.82) is 0 Å². The smallest absolute Gasteiger partial charge is 0.406 e. The number of halogens is 3. The highest BCUT2D eigenvalue weighted by Crippen LogP contribution is 2.33. The second-order valence-corrected chi connectivity index (χ2v) is 8.41. The Balaban J connectivity index is 1.44. The van der Waals surface area contributed by atoms with Crippen molar-refractivity contribution in [3.8, 4) is 16.9 Å². The molecule has 2 aliphatic heterocycles. The van der Waals surface area contributed by atoms with E-state index in [9.17, 15) is 27.9 Å². The van der Waals surface area contributed by atoms with E-state index in [-0.39, 0.29) is 17.2 Å². The summed E-state index contributed by atoms with van der Waals surface area (Å²) >= 11 is 0. The zero-order chi connectivity index (χ0) is 25.4. The van der Waals surface area contributed by atoms with Crippen molar-refractivity contribution in [3.05, 3.63) is 65.6 Å². The number of aromatic nitrogens is 2. The van der Waals surface area contributed by atoms with Gasteiger partial charge < -0.3 is 25.4 Å². The van der Waals surface area contributed by atoms with Gasteiger partial charge in [0.25, 0.3) is 11.8 Å². The van der Waals surface area contributed by atoms with Gasteiger partial charge in [0.15, 0.2) is 0 Å². The molecule has 0 spiro atoms. The lowest BCUT2D eigenvalue weighted by Gasteiger charge is -2.21. The van der Waals surface area contributed by atoms with Crippen molar-refractivity contribution in [3.63, 3.8) is 0 Å². The minimum atomic E-state index is -4.81. The fourth-order valence-electron chi connectivity index (χ4n) is 4.16. The van der Waals surface area contributed by atoms with Crippen LogP contribution < -0.4 is 20.3 Å². The Labute approximate surface area is 202 Å². The Hall–Kier alpha value is -4.19. The summed E-state index contributed by atoms with van der Waals surface area (Å²) in [7, 11) is 0. The first-order valence-electron chi connectivity index (χ1n) is 11.0. The zero-order valence-corrected chi connectivity index (χ0v) is 18.7. The van der Waals surface area contributed by atoms with Gasteiger partial charge in [-0.05, 0) is 42.8 Å². The molecule has 12 heteroatoms. The molecule has 4 heterocycles. The standard InChI is InChI=1S/C24H20F3N5O4/c25-24(26,27)36-17-3-1-15(2-4-17)31-22(34)14-8-18(21(29-10-14)32-6-5-16(33)12-32)13-7-19-20(28-9-13)11-30-23(19)35/h1-4,7-10,16,33H,5-6,11-12H2,(H,30,35)(H,31,34)/t16-/m1/s1. The molecule has 3 aromatic rings. The Morgan fingerprint density at radius 3 is 2.61 bits per heavy atom. The molecule has 0 radical (unpaired) electrons. The first-order chi connectivity index (χ1) is 17.2. The lowest BCUT2D eigenvalue weighted by atomic mass is 10.0. The van der Waals surface area contributed by atoms with Crippen molar-refractivity contribution in [1.82, 2.24) is 15.3 Å². The molecule has 36 heavy (non-hydrogen) atoms. The summed E-state index contributed by atoms with van der Waals surface area (Å²) in [6.45, 7) is 1.28. The number of aliphatic hydroxyl groups excluding tert-OH is 1. The molecule has 1 atom stereocenters. The van der Waals surface area contributed by atoms with Crippen LogP contribution >= 0.6 is 0 Å². The number of nitrogens with one attached hydrogen (secondary N) is 2. The molecule has 9 nitrogen and oxygen atoms in total. The average Bonchev–Trinajstić information content (AvgIpc) is 3.44. The Bertz CT molecular complexity index is 1330. The molecule has 2 aromatic heterocycles. The van der Waals surface area contributed by atoms with Crippen LogP contribution in [0.3, 0.4) is 0 Å². The molecule has 1 fully saturated rings. The molecule has 5 rings (SSSR count). The third-order valence-corrected chi connectivity index (χ3v) is 5.88. The number of rotatable bonds is 5. The lowest BCUT2D eigenvalue weighted by Crippen LogP contribution is -2.23. The second kappa shape index (κ2) is 9.11. The summed E-state index contributed by atoms with van der Waals surface area (Å²) < 4.78 is 40.9. The van der Waals surface area contributed by atoms with Crippen LogP contribution in [0.2, 0.25) is 0 Å². The summed E-state index contributed by atoms with van der Waals surface area (Å²) in [6, 6.07) is 8.07. The predicted octanol–water partition coefficient (Wildman–Crippen LogP) is 3.11. The maximum absolute atomic E-state index is 12.9. The highest BCUT2D eigenvalue weighted by Gasteiger charge is 2.31. The highest BCUT2D eigenvalue weighted by molar-refractivity contribution is 6.05. The highest BCUT2D eigenvalue weighted by atomic mass is 19.4. The summed E-state index contributed by atoms with van der Waals surface area (Å²) in [5.41, 5.74) is 2.66. The molecular formula is C24H20F3N5O4. The van der Waals surface area contributed by atoms with Crippen molar-refractivity contribution in [2.24, 2.45) is 0 Å². The largest absolute Gasteiger partial charge is 0.573 e. The normalized spacial score (nSPS) is 17.1. The van der Waals surface area contributed by atoms with Gasteiger partial charge in [-0.1, -0.05) is 0 Å². The fourth-order valence-corrected chi connectivity index (χ4v) is 4.16. The van der Waals surface area contributed by atoms with Crippen LogP contribution in [-0.2, 0) is 6.54 Å². The van der Waals surface area contributed by atoms with E-state index in [1.807, 2.05) is 4.90 Å². The van der Waals surface area contributed by atoms with Crippen LogP contribution in [0.15, 0.2) is 48.8 Å². The average molecular weight is 499 g/mol. The van der Waals surface area contributed by atoms with Crippen LogP contribution in [0.4, 0.5) is 24.7 Å². The number of carbonyl (C=O) groups excluding carboxylic acids is 2. The van der Waals surface area contributed by atoms with Crippen LogP contribution in [0, 0.1) is 0 Å². The third kappa shape index (κ3) is 4.93. The minimum absolute atomic E-state index is 0.189. The van der Waals surface area contributed by atoms with E-state index in [0.29, 0.717) is 54.3 Å². The van der Waals surface area contributed by atoms with Crippen LogP contribution in [0.25, 0.3) is 11.1 Å². The number of hydrogen-bond donors (Lipinski definition) is 3. The van der Waals surface area contributed by atoms with Crippen LogP contribution in [0.5, 0.6) is 5.75 Å². The van der Waals surface area contributed by atoms with E-state index in [4.69, 9.17) is 0 Å². The molecule has 1 aromatic carbocycles. The van der Waals surface area contributed by atoms with Crippen LogP contribution in [0.1, 0.15) is 32.8 Å². The number of carbonyl (C=O) groups is 2. The van der Waals surface area contributed by atoms with E-state index in [0.717, 1.165) is 12.1 Å².